The Hall–Kier alpha value is -1.85. The van der Waals surface area contributed by atoms with E-state index in [4.69, 9.17) is 27.9 Å². The maximum absolute atomic E-state index is 11.0. The molecule has 0 spiro atoms. The summed E-state index contributed by atoms with van der Waals surface area (Å²) in [5, 5.41) is 13.0. The van der Waals surface area contributed by atoms with E-state index in [-0.39, 0.29) is 11.8 Å². The largest absolute Gasteiger partial charge is 0.505 e. The Labute approximate surface area is 161 Å². The first-order chi connectivity index (χ1) is 12.6. The number of benzene rings is 2. The fourth-order valence-electron chi connectivity index (χ4n) is 3.48. The molecule has 0 aliphatic carbocycles. The first kappa shape index (κ1) is 17.6. The second-order valence-electron chi connectivity index (χ2n) is 6.30. The van der Waals surface area contributed by atoms with E-state index >= 15 is 0 Å². The number of aromatic hydroxyl groups is 1. The number of rotatable bonds is 3. The number of phenolic OH excluding ortho intramolecular Hbond substituents is 1. The van der Waals surface area contributed by atoms with E-state index < -0.39 is 0 Å². The summed E-state index contributed by atoms with van der Waals surface area (Å²) >= 11 is 12.6. The number of pyridine rings is 1. The van der Waals surface area contributed by atoms with E-state index in [1.165, 1.54) is 0 Å². The maximum atomic E-state index is 11.0. The van der Waals surface area contributed by atoms with E-state index in [0.29, 0.717) is 28.8 Å². The summed E-state index contributed by atoms with van der Waals surface area (Å²) in [7, 11) is 0. The molecule has 4 nitrogen and oxygen atoms in total. The van der Waals surface area contributed by atoms with Crippen LogP contribution in [0.3, 0.4) is 0 Å². The van der Waals surface area contributed by atoms with Crippen LogP contribution in [0.1, 0.15) is 17.2 Å². The second kappa shape index (κ2) is 7.41. The molecular formula is C20H18Cl2N2O2. The number of nitrogens with zero attached hydrogens (tertiary/aromatic N) is 2. The van der Waals surface area contributed by atoms with E-state index in [2.05, 4.69) is 9.88 Å². The van der Waals surface area contributed by atoms with E-state index in [1.54, 1.807) is 6.20 Å². The molecule has 1 N–H and O–H groups in total. The summed E-state index contributed by atoms with van der Waals surface area (Å²) < 4.78 is 5.50. The number of phenols is 1. The Morgan fingerprint density at radius 1 is 1.08 bits per heavy atom. The highest BCUT2D eigenvalue weighted by atomic mass is 35.5. The van der Waals surface area contributed by atoms with Gasteiger partial charge in [-0.05, 0) is 35.9 Å². The van der Waals surface area contributed by atoms with Crippen LogP contribution in [0, 0.1) is 0 Å². The second-order valence-corrected chi connectivity index (χ2v) is 7.14. The number of ether oxygens (including phenoxy) is 1. The zero-order chi connectivity index (χ0) is 18.1. The number of halogens is 2. The van der Waals surface area contributed by atoms with Crippen LogP contribution < -0.4 is 0 Å². The highest BCUT2D eigenvalue weighted by molar-refractivity contribution is 6.35. The normalized spacial score (nSPS) is 16.7. The fraction of sp³-hybridized carbons (Fsp3) is 0.250. The van der Waals surface area contributed by atoms with Gasteiger partial charge in [0.2, 0.25) is 0 Å². The van der Waals surface area contributed by atoms with Crippen LogP contribution in [0.2, 0.25) is 10.0 Å². The van der Waals surface area contributed by atoms with Crippen LogP contribution in [0.25, 0.3) is 10.9 Å². The topological polar surface area (TPSA) is 45.6 Å². The van der Waals surface area contributed by atoms with Gasteiger partial charge in [-0.3, -0.25) is 9.88 Å². The molecule has 0 bridgehead atoms. The predicted octanol–water partition coefficient (Wildman–Crippen LogP) is 4.67. The van der Waals surface area contributed by atoms with Crippen LogP contribution in [0.4, 0.5) is 0 Å². The van der Waals surface area contributed by atoms with Gasteiger partial charge in [0.15, 0.2) is 0 Å². The Balaban J connectivity index is 1.89. The molecule has 1 saturated heterocycles. The molecule has 4 rings (SSSR count). The molecule has 1 fully saturated rings. The van der Waals surface area contributed by atoms with Crippen LogP contribution in [0.15, 0.2) is 48.7 Å². The lowest BCUT2D eigenvalue weighted by Gasteiger charge is -2.35. The first-order valence-electron chi connectivity index (χ1n) is 8.48. The van der Waals surface area contributed by atoms with Gasteiger partial charge in [0.05, 0.1) is 24.3 Å². The van der Waals surface area contributed by atoms with Gasteiger partial charge < -0.3 is 9.84 Å². The van der Waals surface area contributed by atoms with Gasteiger partial charge in [-0.2, -0.15) is 0 Å². The Kier molecular flexibility index (Phi) is 5.00. The van der Waals surface area contributed by atoms with Crippen LogP contribution in [0.5, 0.6) is 5.75 Å². The molecule has 6 heteroatoms. The van der Waals surface area contributed by atoms with Crippen molar-refractivity contribution >= 4 is 34.1 Å². The molecule has 134 valence electrons. The summed E-state index contributed by atoms with van der Waals surface area (Å²) in [4.78, 5) is 6.62. The number of morpholine rings is 1. The lowest BCUT2D eigenvalue weighted by Crippen LogP contribution is -2.39. The third-order valence-electron chi connectivity index (χ3n) is 4.74. The number of aromatic nitrogens is 1. The third-order valence-corrected chi connectivity index (χ3v) is 5.30. The van der Waals surface area contributed by atoms with Gasteiger partial charge in [0.1, 0.15) is 11.3 Å². The van der Waals surface area contributed by atoms with Crippen molar-refractivity contribution in [3.05, 3.63) is 69.8 Å². The zero-order valence-corrected chi connectivity index (χ0v) is 15.5. The fourth-order valence-corrected chi connectivity index (χ4v) is 3.88. The molecule has 0 saturated carbocycles. The van der Waals surface area contributed by atoms with Crippen LogP contribution >= 0.6 is 23.2 Å². The van der Waals surface area contributed by atoms with Crippen molar-refractivity contribution in [1.29, 1.82) is 0 Å². The molecule has 1 atom stereocenters. The monoisotopic (exact) mass is 388 g/mol. The summed E-state index contributed by atoms with van der Waals surface area (Å²) in [6, 6.07) is 13.1. The number of hydrogen-bond acceptors (Lipinski definition) is 4. The molecule has 0 amide bonds. The van der Waals surface area contributed by atoms with E-state index in [9.17, 15) is 5.11 Å². The smallest absolute Gasteiger partial charge is 0.147 e. The summed E-state index contributed by atoms with van der Waals surface area (Å²) in [6.45, 7) is 2.85. The minimum atomic E-state index is -0.153. The Morgan fingerprint density at radius 2 is 1.81 bits per heavy atom. The summed E-state index contributed by atoms with van der Waals surface area (Å²) in [5.41, 5.74) is 2.30. The average molecular weight is 389 g/mol. The number of fused-ring (bicyclic) bond motifs is 1. The SMILES string of the molecule is Oc1c([C@@H](c2ccc(Cl)cc2)N2CCOCC2)cc(Cl)c2cccnc12. The van der Waals surface area contributed by atoms with Crippen LogP contribution in [-0.4, -0.2) is 41.3 Å². The highest BCUT2D eigenvalue weighted by Gasteiger charge is 2.28. The number of hydrogen-bond donors (Lipinski definition) is 1. The van der Waals surface area contributed by atoms with Crippen molar-refractivity contribution in [3.63, 3.8) is 0 Å². The molecule has 1 aliphatic rings. The molecule has 2 heterocycles. The predicted molar refractivity (Wildman–Crippen MR) is 104 cm³/mol. The molecule has 0 radical (unpaired) electrons. The van der Waals surface area contributed by atoms with Crippen molar-refractivity contribution in [2.24, 2.45) is 0 Å². The van der Waals surface area contributed by atoms with Gasteiger partial charge in [-0.1, -0.05) is 35.3 Å². The summed E-state index contributed by atoms with van der Waals surface area (Å²) in [5.74, 6) is 0.163. The third kappa shape index (κ3) is 3.26. The molecule has 0 unspecified atom stereocenters. The lowest BCUT2D eigenvalue weighted by molar-refractivity contribution is 0.0236. The summed E-state index contributed by atoms with van der Waals surface area (Å²) in [6.07, 6.45) is 1.66. The maximum Gasteiger partial charge on any atom is 0.147 e. The van der Waals surface area contributed by atoms with Crippen molar-refractivity contribution in [1.82, 2.24) is 9.88 Å². The minimum Gasteiger partial charge on any atom is -0.505 e. The average Bonchev–Trinajstić information content (AvgIpc) is 2.68. The van der Waals surface area contributed by atoms with Gasteiger partial charge >= 0.3 is 0 Å². The molecule has 3 aromatic rings. The van der Waals surface area contributed by atoms with Crippen molar-refractivity contribution < 1.29 is 9.84 Å². The van der Waals surface area contributed by atoms with Crippen molar-refractivity contribution in [3.8, 4) is 5.75 Å². The standard InChI is InChI=1S/C20H18Cl2N2O2/c21-14-5-3-13(4-6-14)19(24-8-10-26-11-9-24)16-12-17(22)15-2-1-7-23-18(15)20(16)25/h1-7,12,19,25H,8-11H2/t19-/m1/s1. The van der Waals surface area contributed by atoms with E-state index in [1.807, 2.05) is 42.5 Å². The molecule has 26 heavy (non-hydrogen) atoms. The molecule has 1 aliphatic heterocycles. The van der Waals surface area contributed by atoms with E-state index in [0.717, 1.165) is 29.6 Å². The van der Waals surface area contributed by atoms with Crippen molar-refractivity contribution in [2.75, 3.05) is 26.3 Å². The van der Waals surface area contributed by atoms with Crippen molar-refractivity contribution in [2.45, 2.75) is 6.04 Å². The van der Waals surface area contributed by atoms with Crippen LogP contribution in [-0.2, 0) is 4.74 Å². The quantitative estimate of drug-likeness (QED) is 0.707. The molecular weight excluding hydrogens is 371 g/mol. The Bertz CT molecular complexity index is 925. The van der Waals surface area contributed by atoms with Gasteiger partial charge in [-0.25, -0.2) is 0 Å². The van der Waals surface area contributed by atoms with Gasteiger partial charge in [0, 0.05) is 35.3 Å². The zero-order valence-electron chi connectivity index (χ0n) is 14.0. The lowest BCUT2D eigenvalue weighted by atomic mass is 9.94. The Morgan fingerprint density at radius 3 is 2.54 bits per heavy atom. The first-order valence-corrected chi connectivity index (χ1v) is 9.24. The van der Waals surface area contributed by atoms with Gasteiger partial charge in [0.25, 0.3) is 0 Å². The highest BCUT2D eigenvalue weighted by Crippen LogP contribution is 2.41. The minimum absolute atomic E-state index is 0.153. The van der Waals surface area contributed by atoms with Gasteiger partial charge in [-0.15, -0.1) is 0 Å². The molecule has 2 aromatic carbocycles. The molecule has 1 aromatic heterocycles.